The van der Waals surface area contributed by atoms with Crippen molar-refractivity contribution in [2.24, 2.45) is 0 Å². The molecule has 1 aromatic carbocycles. The lowest BCUT2D eigenvalue weighted by atomic mass is 9.84. The third-order valence-electron chi connectivity index (χ3n) is 3.97. The summed E-state index contributed by atoms with van der Waals surface area (Å²) in [5, 5.41) is 10.6. The second-order valence-electron chi connectivity index (χ2n) is 5.00. The third-order valence-corrected chi connectivity index (χ3v) is 3.97. The Labute approximate surface area is 104 Å². The molecule has 2 heteroatoms. The van der Waals surface area contributed by atoms with Crippen molar-refractivity contribution in [3.8, 4) is 0 Å². The van der Waals surface area contributed by atoms with Crippen molar-refractivity contribution in [3.05, 3.63) is 35.9 Å². The lowest BCUT2D eigenvalue weighted by Gasteiger charge is -2.36. The smallest absolute Gasteiger partial charge is 0.108 e. The zero-order valence-electron chi connectivity index (χ0n) is 10.6. The minimum atomic E-state index is -0.508. The fraction of sp³-hybridized carbons (Fsp3) is 0.600. The van der Waals surface area contributed by atoms with Gasteiger partial charge in [-0.25, -0.2) is 0 Å². The van der Waals surface area contributed by atoms with Gasteiger partial charge in [-0.15, -0.1) is 0 Å². The van der Waals surface area contributed by atoms with Crippen LogP contribution in [0.4, 0.5) is 0 Å². The highest BCUT2D eigenvalue weighted by Gasteiger charge is 2.38. The normalized spacial score (nSPS) is 21.8. The molecular weight excluding hydrogens is 212 g/mol. The monoisotopic (exact) mass is 234 g/mol. The van der Waals surface area contributed by atoms with E-state index in [2.05, 4.69) is 0 Å². The summed E-state index contributed by atoms with van der Waals surface area (Å²) in [7, 11) is 1.73. The molecule has 1 fully saturated rings. The Bertz CT molecular complexity index is 326. The van der Waals surface area contributed by atoms with E-state index in [9.17, 15) is 5.11 Å². The van der Waals surface area contributed by atoms with Crippen LogP contribution in [0.15, 0.2) is 30.3 Å². The molecule has 17 heavy (non-hydrogen) atoms. The molecule has 1 saturated carbocycles. The van der Waals surface area contributed by atoms with Gasteiger partial charge in [-0.05, 0) is 18.4 Å². The Hall–Kier alpha value is -0.860. The number of rotatable bonds is 3. The van der Waals surface area contributed by atoms with Crippen LogP contribution in [0.1, 0.15) is 50.2 Å². The summed E-state index contributed by atoms with van der Waals surface area (Å²) in [6.45, 7) is 0. The molecule has 0 aliphatic heterocycles. The summed E-state index contributed by atoms with van der Waals surface area (Å²) in [4.78, 5) is 0. The molecule has 1 aromatic rings. The van der Waals surface area contributed by atoms with Gasteiger partial charge >= 0.3 is 0 Å². The van der Waals surface area contributed by atoms with E-state index >= 15 is 0 Å². The van der Waals surface area contributed by atoms with E-state index in [1.807, 2.05) is 30.3 Å². The number of hydrogen-bond acceptors (Lipinski definition) is 2. The van der Waals surface area contributed by atoms with Crippen molar-refractivity contribution in [2.75, 3.05) is 7.11 Å². The maximum atomic E-state index is 10.6. The zero-order valence-corrected chi connectivity index (χ0v) is 10.6. The molecule has 0 heterocycles. The van der Waals surface area contributed by atoms with Gasteiger partial charge in [0.2, 0.25) is 0 Å². The van der Waals surface area contributed by atoms with Crippen molar-refractivity contribution in [1.82, 2.24) is 0 Å². The van der Waals surface area contributed by atoms with Gasteiger partial charge in [0.25, 0.3) is 0 Å². The maximum Gasteiger partial charge on any atom is 0.108 e. The minimum absolute atomic E-state index is 0.377. The largest absolute Gasteiger partial charge is 0.385 e. The number of aliphatic hydroxyl groups excluding tert-OH is 1. The Morgan fingerprint density at radius 1 is 1.06 bits per heavy atom. The Kier molecular flexibility index (Phi) is 4.19. The van der Waals surface area contributed by atoms with Gasteiger partial charge in [0.1, 0.15) is 6.10 Å². The highest BCUT2D eigenvalue weighted by molar-refractivity contribution is 5.20. The summed E-state index contributed by atoms with van der Waals surface area (Å²) in [5.41, 5.74) is 0.592. The van der Waals surface area contributed by atoms with E-state index < -0.39 is 6.10 Å². The van der Waals surface area contributed by atoms with E-state index in [0.29, 0.717) is 0 Å². The second kappa shape index (κ2) is 5.65. The highest BCUT2D eigenvalue weighted by Crippen LogP contribution is 2.39. The summed E-state index contributed by atoms with van der Waals surface area (Å²) in [6.07, 6.45) is 6.22. The van der Waals surface area contributed by atoms with Crippen LogP contribution >= 0.6 is 0 Å². The maximum absolute atomic E-state index is 10.6. The van der Waals surface area contributed by atoms with Crippen LogP contribution in [0.25, 0.3) is 0 Å². The quantitative estimate of drug-likeness (QED) is 0.812. The molecule has 94 valence electrons. The van der Waals surface area contributed by atoms with Crippen molar-refractivity contribution in [2.45, 2.75) is 50.2 Å². The molecule has 0 aromatic heterocycles. The molecule has 1 atom stereocenters. The molecule has 0 amide bonds. The molecular formula is C15H22O2. The molecule has 1 aliphatic rings. The van der Waals surface area contributed by atoms with Gasteiger partial charge in [0, 0.05) is 7.11 Å². The van der Waals surface area contributed by atoms with E-state index in [1.54, 1.807) is 7.11 Å². The van der Waals surface area contributed by atoms with E-state index in [1.165, 1.54) is 12.8 Å². The predicted molar refractivity (Wildman–Crippen MR) is 68.8 cm³/mol. The molecule has 0 saturated heterocycles. The first kappa shape index (κ1) is 12.6. The average Bonchev–Trinajstić information content (AvgIpc) is 2.65. The fourth-order valence-corrected chi connectivity index (χ4v) is 2.86. The Morgan fingerprint density at radius 2 is 1.65 bits per heavy atom. The van der Waals surface area contributed by atoms with Gasteiger partial charge in [-0.1, -0.05) is 56.0 Å². The minimum Gasteiger partial charge on any atom is -0.385 e. The van der Waals surface area contributed by atoms with Gasteiger partial charge in [0.15, 0.2) is 0 Å². The summed E-state index contributed by atoms with van der Waals surface area (Å²) >= 11 is 0. The first-order chi connectivity index (χ1) is 8.28. The van der Waals surface area contributed by atoms with Gasteiger partial charge in [-0.2, -0.15) is 0 Å². The topological polar surface area (TPSA) is 29.5 Å². The molecule has 0 radical (unpaired) electrons. The predicted octanol–water partition coefficient (Wildman–Crippen LogP) is 3.46. The molecule has 0 spiro atoms. The molecule has 1 aliphatic carbocycles. The Morgan fingerprint density at radius 3 is 2.18 bits per heavy atom. The molecule has 2 rings (SSSR count). The van der Waals surface area contributed by atoms with E-state index in [-0.39, 0.29) is 5.60 Å². The lowest BCUT2D eigenvalue weighted by molar-refractivity contribution is -0.114. The molecule has 1 unspecified atom stereocenters. The lowest BCUT2D eigenvalue weighted by Crippen LogP contribution is -2.38. The fourth-order valence-electron chi connectivity index (χ4n) is 2.86. The summed E-state index contributed by atoms with van der Waals surface area (Å²) in [5.74, 6) is 0. The first-order valence-electron chi connectivity index (χ1n) is 6.57. The van der Waals surface area contributed by atoms with Gasteiger partial charge in [0.05, 0.1) is 5.60 Å². The number of hydrogen-bond donors (Lipinski definition) is 1. The second-order valence-corrected chi connectivity index (χ2v) is 5.00. The van der Waals surface area contributed by atoms with E-state index in [0.717, 1.165) is 31.2 Å². The van der Waals surface area contributed by atoms with Crippen LogP contribution < -0.4 is 0 Å². The first-order valence-corrected chi connectivity index (χ1v) is 6.57. The van der Waals surface area contributed by atoms with Crippen molar-refractivity contribution in [3.63, 3.8) is 0 Å². The van der Waals surface area contributed by atoms with Gasteiger partial charge in [-0.3, -0.25) is 0 Å². The van der Waals surface area contributed by atoms with Crippen LogP contribution in [-0.4, -0.2) is 17.8 Å². The number of benzene rings is 1. The van der Waals surface area contributed by atoms with Crippen LogP contribution in [-0.2, 0) is 4.74 Å². The summed E-state index contributed by atoms with van der Waals surface area (Å²) in [6, 6.07) is 9.88. The average molecular weight is 234 g/mol. The highest BCUT2D eigenvalue weighted by atomic mass is 16.5. The van der Waals surface area contributed by atoms with Crippen LogP contribution in [0.2, 0.25) is 0 Å². The number of aliphatic hydroxyl groups is 1. The Balaban J connectivity index is 2.21. The van der Waals surface area contributed by atoms with Crippen molar-refractivity contribution >= 4 is 0 Å². The number of methoxy groups -OCH3 is 1. The molecule has 2 nitrogen and oxygen atoms in total. The van der Waals surface area contributed by atoms with Crippen LogP contribution in [0, 0.1) is 0 Å². The molecule has 1 N–H and O–H groups in total. The van der Waals surface area contributed by atoms with Crippen LogP contribution in [0.3, 0.4) is 0 Å². The molecule has 0 bridgehead atoms. The van der Waals surface area contributed by atoms with Crippen molar-refractivity contribution < 1.29 is 9.84 Å². The van der Waals surface area contributed by atoms with Crippen LogP contribution in [0.5, 0.6) is 0 Å². The third kappa shape index (κ3) is 2.70. The number of ether oxygens (including phenoxy) is 1. The van der Waals surface area contributed by atoms with Gasteiger partial charge < -0.3 is 9.84 Å². The van der Waals surface area contributed by atoms with E-state index in [4.69, 9.17) is 4.74 Å². The summed E-state index contributed by atoms with van der Waals surface area (Å²) < 4.78 is 5.72. The standard InChI is InChI=1S/C15H22O2/c1-17-15(11-7-2-3-8-12-15)14(16)13-9-5-4-6-10-13/h4-6,9-10,14,16H,2-3,7-8,11-12H2,1H3. The zero-order chi connectivity index (χ0) is 12.1. The SMILES string of the molecule is COC1(C(O)c2ccccc2)CCCCCC1. The van der Waals surface area contributed by atoms with Crippen molar-refractivity contribution in [1.29, 1.82) is 0 Å².